The minimum absolute atomic E-state index is 0.299. The highest BCUT2D eigenvalue weighted by atomic mass is 35.5. The van der Waals surface area contributed by atoms with Gasteiger partial charge in [-0.05, 0) is 0 Å². The Morgan fingerprint density at radius 1 is 1.55 bits per heavy atom. The Morgan fingerprint density at radius 3 is 2.82 bits per heavy atom. The van der Waals surface area contributed by atoms with Gasteiger partial charge in [0.15, 0.2) is 0 Å². The summed E-state index contributed by atoms with van der Waals surface area (Å²) in [5, 5.41) is 10.8. The molecule has 0 spiro atoms. The number of hydrogen-bond acceptors (Lipinski definition) is 4. The van der Waals surface area contributed by atoms with Crippen molar-refractivity contribution in [2.45, 2.75) is 11.8 Å². The molecule has 1 N–H and O–H groups in total. The first-order valence-electron chi connectivity index (χ1n) is 3.49. The van der Waals surface area contributed by atoms with E-state index in [9.17, 15) is 0 Å². The van der Waals surface area contributed by atoms with Crippen LogP contribution in [0.2, 0.25) is 0 Å². The van der Waals surface area contributed by atoms with Crippen LogP contribution in [0.5, 0.6) is 0 Å². The van der Waals surface area contributed by atoms with E-state index in [2.05, 4.69) is 15.5 Å². The highest BCUT2D eigenvalue weighted by Crippen LogP contribution is 2.18. The Bertz CT molecular complexity index is 246. The summed E-state index contributed by atoms with van der Waals surface area (Å²) in [6.07, 6.45) is 0. The molecule has 60 valence electrons. The van der Waals surface area contributed by atoms with Crippen LogP contribution >= 0.6 is 11.6 Å². The number of alkyl halides is 1. The molecule has 1 aliphatic heterocycles. The first-order valence-corrected chi connectivity index (χ1v) is 4.02. The molecule has 0 amide bonds. The molecular weight excluding hydrogens is 166 g/mol. The second kappa shape index (κ2) is 2.79. The van der Waals surface area contributed by atoms with Crippen LogP contribution in [-0.2, 0) is 5.88 Å². The molecule has 0 saturated carbocycles. The Hall–Kier alpha value is -0.610. The van der Waals surface area contributed by atoms with Gasteiger partial charge in [0.05, 0.1) is 5.92 Å². The van der Waals surface area contributed by atoms with Crippen molar-refractivity contribution in [2.75, 3.05) is 13.1 Å². The monoisotopic (exact) mass is 173 g/mol. The van der Waals surface area contributed by atoms with Crippen LogP contribution < -0.4 is 5.32 Å². The highest BCUT2D eigenvalue weighted by molar-refractivity contribution is 6.16. The van der Waals surface area contributed by atoms with Crippen LogP contribution in [0.1, 0.15) is 17.7 Å². The van der Waals surface area contributed by atoms with Crippen molar-refractivity contribution < 1.29 is 4.42 Å². The fourth-order valence-corrected chi connectivity index (χ4v) is 1.06. The zero-order valence-electron chi connectivity index (χ0n) is 5.88. The number of nitrogens with zero attached hydrogens (tertiary/aromatic N) is 2. The number of halogens is 1. The van der Waals surface area contributed by atoms with E-state index < -0.39 is 0 Å². The molecule has 1 fully saturated rings. The molecule has 1 aromatic rings. The third-order valence-corrected chi connectivity index (χ3v) is 1.96. The molecule has 0 aromatic carbocycles. The lowest BCUT2D eigenvalue weighted by molar-refractivity contribution is 0.349. The summed E-state index contributed by atoms with van der Waals surface area (Å²) in [6.45, 7) is 1.87. The summed E-state index contributed by atoms with van der Waals surface area (Å²) in [5.41, 5.74) is 0. The largest absolute Gasteiger partial charge is 0.424 e. The zero-order valence-corrected chi connectivity index (χ0v) is 6.64. The predicted octanol–water partition coefficient (Wildman–Crippen LogP) is 0.495. The molecule has 0 radical (unpaired) electrons. The smallest absolute Gasteiger partial charge is 0.231 e. The summed E-state index contributed by atoms with van der Waals surface area (Å²) in [4.78, 5) is 0. The SMILES string of the molecule is ClCc1nnc(C2CNC2)o1. The van der Waals surface area contributed by atoms with Crippen LogP contribution in [0.4, 0.5) is 0 Å². The molecule has 0 atom stereocenters. The van der Waals surface area contributed by atoms with E-state index >= 15 is 0 Å². The summed E-state index contributed by atoms with van der Waals surface area (Å²) in [5.74, 6) is 1.92. The molecule has 1 aliphatic rings. The van der Waals surface area contributed by atoms with Crippen molar-refractivity contribution >= 4 is 11.6 Å². The molecule has 5 heteroatoms. The first-order chi connectivity index (χ1) is 5.40. The molecule has 4 nitrogen and oxygen atoms in total. The predicted molar refractivity (Wildman–Crippen MR) is 39.5 cm³/mol. The molecule has 1 aromatic heterocycles. The van der Waals surface area contributed by atoms with Gasteiger partial charge in [-0.25, -0.2) is 0 Å². The van der Waals surface area contributed by atoms with Gasteiger partial charge in [0, 0.05) is 13.1 Å². The van der Waals surface area contributed by atoms with Gasteiger partial charge in [-0.3, -0.25) is 0 Å². The molecule has 2 rings (SSSR count). The molecule has 2 heterocycles. The van der Waals surface area contributed by atoms with Crippen molar-refractivity contribution in [1.82, 2.24) is 15.5 Å². The summed E-state index contributed by atoms with van der Waals surface area (Å²) in [6, 6.07) is 0. The fraction of sp³-hybridized carbons (Fsp3) is 0.667. The van der Waals surface area contributed by atoms with Crippen molar-refractivity contribution in [3.05, 3.63) is 11.8 Å². The minimum Gasteiger partial charge on any atom is -0.424 e. The molecular formula is C6H8ClN3O. The third kappa shape index (κ3) is 1.23. The van der Waals surface area contributed by atoms with Crippen LogP contribution in [0.25, 0.3) is 0 Å². The molecule has 0 unspecified atom stereocenters. The minimum atomic E-state index is 0.299. The van der Waals surface area contributed by atoms with E-state index in [4.69, 9.17) is 16.0 Å². The van der Waals surface area contributed by atoms with Gasteiger partial charge in [-0.15, -0.1) is 21.8 Å². The average molecular weight is 174 g/mol. The second-order valence-electron chi connectivity index (χ2n) is 2.52. The average Bonchev–Trinajstić information content (AvgIpc) is 2.32. The zero-order chi connectivity index (χ0) is 7.68. The lowest BCUT2D eigenvalue weighted by Gasteiger charge is -2.22. The molecule has 1 saturated heterocycles. The van der Waals surface area contributed by atoms with Gasteiger partial charge in [-0.2, -0.15) is 0 Å². The summed E-state index contributed by atoms with van der Waals surface area (Å²) < 4.78 is 5.24. The molecule has 0 bridgehead atoms. The summed E-state index contributed by atoms with van der Waals surface area (Å²) in [7, 11) is 0. The van der Waals surface area contributed by atoms with E-state index in [1.807, 2.05) is 0 Å². The van der Waals surface area contributed by atoms with E-state index in [1.54, 1.807) is 0 Å². The standard InChI is InChI=1S/C6H8ClN3O/c7-1-5-9-10-6(11-5)4-2-8-3-4/h4,8H,1-3H2. The number of aromatic nitrogens is 2. The van der Waals surface area contributed by atoms with E-state index in [0.717, 1.165) is 13.1 Å². The lowest BCUT2D eigenvalue weighted by Crippen LogP contribution is -2.40. The quantitative estimate of drug-likeness (QED) is 0.662. The number of nitrogens with one attached hydrogen (secondary N) is 1. The maximum absolute atomic E-state index is 5.49. The van der Waals surface area contributed by atoms with Crippen LogP contribution in [0, 0.1) is 0 Å². The van der Waals surface area contributed by atoms with E-state index in [-0.39, 0.29) is 0 Å². The van der Waals surface area contributed by atoms with Crippen LogP contribution in [0.15, 0.2) is 4.42 Å². The van der Waals surface area contributed by atoms with Crippen molar-refractivity contribution in [3.63, 3.8) is 0 Å². The van der Waals surface area contributed by atoms with Crippen molar-refractivity contribution in [3.8, 4) is 0 Å². The van der Waals surface area contributed by atoms with Gasteiger partial charge in [0.25, 0.3) is 0 Å². The van der Waals surface area contributed by atoms with Gasteiger partial charge in [0.1, 0.15) is 5.88 Å². The highest BCUT2D eigenvalue weighted by Gasteiger charge is 2.24. The van der Waals surface area contributed by atoms with Crippen LogP contribution in [-0.4, -0.2) is 23.3 Å². The van der Waals surface area contributed by atoms with Gasteiger partial charge in [-0.1, -0.05) is 0 Å². The van der Waals surface area contributed by atoms with Gasteiger partial charge in [0.2, 0.25) is 11.8 Å². The Labute approximate surface area is 68.9 Å². The number of hydrogen-bond donors (Lipinski definition) is 1. The lowest BCUT2D eigenvalue weighted by atomic mass is 10.0. The topological polar surface area (TPSA) is 51.0 Å². The number of rotatable bonds is 2. The van der Waals surface area contributed by atoms with Gasteiger partial charge < -0.3 is 9.73 Å². The summed E-state index contributed by atoms with van der Waals surface area (Å²) >= 11 is 5.49. The Morgan fingerprint density at radius 2 is 2.36 bits per heavy atom. The van der Waals surface area contributed by atoms with Gasteiger partial charge >= 0.3 is 0 Å². The third-order valence-electron chi connectivity index (χ3n) is 1.73. The fourth-order valence-electron chi connectivity index (χ4n) is 0.949. The second-order valence-corrected chi connectivity index (χ2v) is 2.79. The normalized spacial score (nSPS) is 18.3. The maximum Gasteiger partial charge on any atom is 0.231 e. The first kappa shape index (κ1) is 7.06. The Balaban J connectivity index is 2.11. The van der Waals surface area contributed by atoms with E-state index in [1.165, 1.54) is 0 Å². The maximum atomic E-state index is 5.49. The van der Waals surface area contributed by atoms with E-state index in [0.29, 0.717) is 23.6 Å². The van der Waals surface area contributed by atoms with Crippen LogP contribution in [0.3, 0.4) is 0 Å². The molecule has 11 heavy (non-hydrogen) atoms. The van der Waals surface area contributed by atoms with Crippen molar-refractivity contribution in [2.24, 2.45) is 0 Å². The molecule has 0 aliphatic carbocycles. The Kier molecular flexibility index (Phi) is 1.79. The van der Waals surface area contributed by atoms with Crippen molar-refractivity contribution in [1.29, 1.82) is 0 Å².